The van der Waals surface area contributed by atoms with Gasteiger partial charge in [0.05, 0.1) is 9.75 Å². The Hall–Kier alpha value is -1.11. The van der Waals surface area contributed by atoms with Crippen molar-refractivity contribution in [3.05, 3.63) is 21.9 Å². The maximum absolute atomic E-state index is 11.7. The lowest BCUT2D eigenvalue weighted by molar-refractivity contribution is 0.0953. The van der Waals surface area contributed by atoms with E-state index in [1.54, 1.807) is 12.1 Å². The van der Waals surface area contributed by atoms with Crippen LogP contribution in [0.5, 0.6) is 0 Å². The standard InChI is InChI=1S/C11H15N3O2S.ClH/c12-7(6-1-2-6)5-14-11(16)9-4-3-8(17-9)10(13)15;/h3-4,6-7H,1-2,5,12H2,(H2,13,15)(H,14,16);1H. The second-order valence-corrected chi connectivity index (χ2v) is 5.32. The molecule has 0 spiro atoms. The Labute approximate surface area is 115 Å². The first kappa shape index (κ1) is 14.9. The molecule has 7 heteroatoms. The summed E-state index contributed by atoms with van der Waals surface area (Å²) in [5.74, 6) is -0.151. The van der Waals surface area contributed by atoms with Crippen LogP contribution in [-0.4, -0.2) is 24.4 Å². The zero-order valence-corrected chi connectivity index (χ0v) is 11.4. The summed E-state index contributed by atoms with van der Waals surface area (Å²) < 4.78 is 0. The molecule has 1 fully saturated rings. The molecule has 0 aliphatic heterocycles. The van der Waals surface area contributed by atoms with Crippen molar-refractivity contribution in [3.63, 3.8) is 0 Å². The molecule has 0 radical (unpaired) electrons. The normalized spacial score (nSPS) is 15.6. The van der Waals surface area contributed by atoms with E-state index in [1.165, 1.54) is 0 Å². The third kappa shape index (κ3) is 3.69. The van der Waals surface area contributed by atoms with Crippen LogP contribution < -0.4 is 16.8 Å². The summed E-state index contributed by atoms with van der Waals surface area (Å²) in [5, 5.41) is 2.77. The molecule has 2 amide bonds. The van der Waals surface area contributed by atoms with Gasteiger partial charge < -0.3 is 16.8 Å². The van der Waals surface area contributed by atoms with Crippen LogP contribution in [0.4, 0.5) is 0 Å². The lowest BCUT2D eigenvalue weighted by Gasteiger charge is -2.10. The Bertz CT molecular complexity index is 445. The molecule has 1 aliphatic rings. The van der Waals surface area contributed by atoms with E-state index in [9.17, 15) is 9.59 Å². The maximum Gasteiger partial charge on any atom is 0.261 e. The molecule has 0 saturated heterocycles. The lowest BCUT2D eigenvalue weighted by Crippen LogP contribution is -2.38. The van der Waals surface area contributed by atoms with Gasteiger partial charge in [0.15, 0.2) is 0 Å². The molecule has 18 heavy (non-hydrogen) atoms. The van der Waals surface area contributed by atoms with Gasteiger partial charge in [0.25, 0.3) is 11.8 Å². The Morgan fingerprint density at radius 3 is 2.50 bits per heavy atom. The van der Waals surface area contributed by atoms with Crippen LogP contribution in [0.1, 0.15) is 32.2 Å². The van der Waals surface area contributed by atoms with Gasteiger partial charge in [-0.05, 0) is 30.9 Å². The van der Waals surface area contributed by atoms with E-state index in [1.807, 2.05) is 0 Å². The fourth-order valence-electron chi connectivity index (χ4n) is 1.58. The van der Waals surface area contributed by atoms with Crippen molar-refractivity contribution in [2.75, 3.05) is 6.54 Å². The number of hydrogen-bond donors (Lipinski definition) is 3. The number of amides is 2. The van der Waals surface area contributed by atoms with Gasteiger partial charge in [-0.2, -0.15) is 0 Å². The zero-order chi connectivity index (χ0) is 12.4. The molecule has 0 bridgehead atoms. The lowest BCUT2D eigenvalue weighted by atomic mass is 10.2. The summed E-state index contributed by atoms with van der Waals surface area (Å²) in [6.07, 6.45) is 2.31. The summed E-state index contributed by atoms with van der Waals surface area (Å²) in [6.45, 7) is 0.479. The molecule has 2 rings (SSSR count). The Morgan fingerprint density at radius 2 is 2.00 bits per heavy atom. The van der Waals surface area contributed by atoms with Crippen LogP contribution in [0.3, 0.4) is 0 Å². The molecular weight excluding hydrogens is 274 g/mol. The molecule has 1 aromatic rings. The number of thiophene rings is 1. The fraction of sp³-hybridized carbons (Fsp3) is 0.455. The highest BCUT2D eigenvalue weighted by Gasteiger charge is 2.28. The van der Waals surface area contributed by atoms with Crippen LogP contribution in [0.2, 0.25) is 0 Å². The molecular formula is C11H16ClN3O2S. The molecule has 1 unspecified atom stereocenters. The molecule has 1 heterocycles. The fourth-order valence-corrected chi connectivity index (χ4v) is 2.36. The first-order chi connectivity index (χ1) is 8.08. The molecule has 5 N–H and O–H groups in total. The average molecular weight is 290 g/mol. The number of carbonyl (C=O) groups is 2. The number of hydrogen-bond acceptors (Lipinski definition) is 4. The Morgan fingerprint density at radius 1 is 1.39 bits per heavy atom. The SMILES string of the molecule is Cl.NC(=O)c1ccc(C(=O)NCC(N)C2CC2)s1. The van der Waals surface area contributed by atoms with Crippen molar-refractivity contribution >= 4 is 35.6 Å². The Kier molecular flexibility index (Phi) is 5.13. The predicted octanol–water partition coefficient (Wildman–Crippen LogP) is 0.736. The number of nitrogens with one attached hydrogen (secondary N) is 1. The number of carbonyl (C=O) groups excluding carboxylic acids is 2. The van der Waals surface area contributed by atoms with E-state index in [0.29, 0.717) is 22.2 Å². The largest absolute Gasteiger partial charge is 0.365 e. The topological polar surface area (TPSA) is 98.2 Å². The van der Waals surface area contributed by atoms with Crippen molar-refractivity contribution in [1.82, 2.24) is 5.32 Å². The third-order valence-corrected chi connectivity index (χ3v) is 3.90. The van der Waals surface area contributed by atoms with Crippen molar-refractivity contribution in [2.24, 2.45) is 17.4 Å². The minimum atomic E-state index is -0.510. The van der Waals surface area contributed by atoms with Gasteiger partial charge >= 0.3 is 0 Å². The van der Waals surface area contributed by atoms with Crippen LogP contribution in [-0.2, 0) is 0 Å². The highest BCUT2D eigenvalue weighted by Crippen LogP contribution is 2.31. The van der Waals surface area contributed by atoms with Crippen molar-refractivity contribution in [3.8, 4) is 0 Å². The van der Waals surface area contributed by atoms with Gasteiger partial charge in [-0.1, -0.05) is 0 Å². The molecule has 100 valence electrons. The monoisotopic (exact) mass is 289 g/mol. The third-order valence-electron chi connectivity index (χ3n) is 2.80. The van der Waals surface area contributed by atoms with E-state index in [0.717, 1.165) is 24.2 Å². The summed E-state index contributed by atoms with van der Waals surface area (Å²) in [6, 6.07) is 3.19. The van der Waals surface area contributed by atoms with E-state index >= 15 is 0 Å². The Balaban J connectivity index is 0.00000162. The predicted molar refractivity (Wildman–Crippen MR) is 73.1 cm³/mol. The van der Waals surface area contributed by atoms with Crippen molar-refractivity contribution in [2.45, 2.75) is 18.9 Å². The van der Waals surface area contributed by atoms with E-state index in [-0.39, 0.29) is 24.4 Å². The van der Waals surface area contributed by atoms with E-state index in [2.05, 4.69) is 5.32 Å². The smallest absolute Gasteiger partial charge is 0.261 e. The van der Waals surface area contributed by atoms with Crippen LogP contribution >= 0.6 is 23.7 Å². The average Bonchev–Trinajstić information content (AvgIpc) is 3.02. The van der Waals surface area contributed by atoms with E-state index < -0.39 is 5.91 Å². The molecule has 0 aromatic carbocycles. The first-order valence-electron chi connectivity index (χ1n) is 5.51. The minimum Gasteiger partial charge on any atom is -0.365 e. The zero-order valence-electron chi connectivity index (χ0n) is 9.72. The number of rotatable bonds is 5. The minimum absolute atomic E-state index is 0. The van der Waals surface area contributed by atoms with Crippen molar-refractivity contribution < 1.29 is 9.59 Å². The summed E-state index contributed by atoms with van der Waals surface area (Å²) in [7, 11) is 0. The van der Waals surface area contributed by atoms with Crippen LogP contribution in [0.25, 0.3) is 0 Å². The van der Waals surface area contributed by atoms with Gasteiger partial charge in [0, 0.05) is 12.6 Å². The molecule has 5 nitrogen and oxygen atoms in total. The highest BCUT2D eigenvalue weighted by molar-refractivity contribution is 7.15. The van der Waals surface area contributed by atoms with Crippen molar-refractivity contribution in [1.29, 1.82) is 0 Å². The summed E-state index contributed by atoms with van der Waals surface area (Å²) in [5.41, 5.74) is 11.0. The second-order valence-electron chi connectivity index (χ2n) is 4.24. The first-order valence-corrected chi connectivity index (χ1v) is 6.33. The summed E-state index contributed by atoms with van der Waals surface area (Å²) >= 11 is 1.10. The van der Waals surface area contributed by atoms with E-state index in [4.69, 9.17) is 11.5 Å². The second kappa shape index (κ2) is 6.17. The van der Waals surface area contributed by atoms with Gasteiger partial charge in [0.2, 0.25) is 0 Å². The maximum atomic E-state index is 11.7. The number of primary amides is 1. The van der Waals surface area contributed by atoms with Gasteiger partial charge in [-0.3, -0.25) is 9.59 Å². The van der Waals surface area contributed by atoms with Gasteiger partial charge in [-0.25, -0.2) is 0 Å². The number of nitrogens with two attached hydrogens (primary N) is 2. The van der Waals surface area contributed by atoms with Gasteiger partial charge in [-0.15, -0.1) is 23.7 Å². The van der Waals surface area contributed by atoms with Crippen LogP contribution in [0.15, 0.2) is 12.1 Å². The molecule has 1 aliphatic carbocycles. The summed E-state index contributed by atoms with van der Waals surface area (Å²) in [4.78, 5) is 23.5. The van der Waals surface area contributed by atoms with Gasteiger partial charge in [0.1, 0.15) is 0 Å². The highest BCUT2D eigenvalue weighted by atomic mass is 35.5. The number of halogens is 1. The molecule has 1 atom stereocenters. The van der Waals surface area contributed by atoms with Crippen LogP contribution in [0, 0.1) is 5.92 Å². The molecule has 1 saturated carbocycles. The molecule has 1 aromatic heterocycles. The quantitative estimate of drug-likeness (QED) is 0.745.